The van der Waals surface area contributed by atoms with Gasteiger partial charge in [0.05, 0.1) is 31.2 Å². The van der Waals surface area contributed by atoms with Crippen molar-refractivity contribution in [2.24, 2.45) is 5.92 Å². The molecule has 0 spiro atoms. The summed E-state index contributed by atoms with van der Waals surface area (Å²) in [4.78, 5) is 17.3. The zero-order valence-corrected chi connectivity index (χ0v) is 15.0. The molecule has 3 heterocycles. The molecule has 3 aromatic rings. The molecule has 1 aliphatic carbocycles. The fraction of sp³-hybridized carbons (Fsp3) is 0.368. The largest absolute Gasteiger partial charge is 0.495 e. The van der Waals surface area contributed by atoms with Crippen molar-refractivity contribution in [2.45, 2.75) is 26.2 Å². The van der Waals surface area contributed by atoms with Gasteiger partial charge in [0.1, 0.15) is 11.6 Å². The topological polar surface area (TPSA) is 83.2 Å². The lowest BCUT2D eigenvalue weighted by molar-refractivity contribution is 0.285. The second-order valence-electron chi connectivity index (χ2n) is 6.44. The number of pyridine rings is 1. The molecule has 0 N–H and O–H groups in total. The maximum Gasteiger partial charge on any atom is 0.228 e. The van der Waals surface area contributed by atoms with Crippen molar-refractivity contribution >= 4 is 0 Å². The number of hydrogen-bond acceptors (Lipinski definition) is 7. The molecule has 1 saturated carbocycles. The van der Waals surface area contributed by atoms with Crippen LogP contribution in [0.3, 0.4) is 0 Å². The van der Waals surface area contributed by atoms with Crippen molar-refractivity contribution in [3.05, 3.63) is 48.1 Å². The third-order valence-corrected chi connectivity index (χ3v) is 4.60. The van der Waals surface area contributed by atoms with Gasteiger partial charge in [-0.05, 0) is 32.4 Å². The lowest BCUT2D eigenvalue weighted by Gasteiger charge is -2.09. The summed E-state index contributed by atoms with van der Waals surface area (Å²) < 4.78 is 16.7. The normalized spacial score (nSPS) is 18.6. The van der Waals surface area contributed by atoms with Gasteiger partial charge in [0.2, 0.25) is 5.88 Å². The van der Waals surface area contributed by atoms with Gasteiger partial charge in [0.15, 0.2) is 12.2 Å². The third-order valence-electron chi connectivity index (χ3n) is 4.60. The van der Waals surface area contributed by atoms with E-state index in [1.807, 2.05) is 26.0 Å². The summed E-state index contributed by atoms with van der Waals surface area (Å²) in [7, 11) is 1.64. The van der Waals surface area contributed by atoms with Crippen molar-refractivity contribution in [1.29, 1.82) is 0 Å². The lowest BCUT2D eigenvalue weighted by atomic mass is 10.2. The fourth-order valence-electron chi connectivity index (χ4n) is 2.99. The summed E-state index contributed by atoms with van der Waals surface area (Å²) in [6, 6.07) is 3.96. The molecule has 7 heteroatoms. The molecule has 3 aromatic heterocycles. The van der Waals surface area contributed by atoms with Crippen LogP contribution in [0.4, 0.5) is 0 Å². The zero-order valence-electron chi connectivity index (χ0n) is 15.0. The summed E-state index contributed by atoms with van der Waals surface area (Å²) in [6.45, 7) is 4.30. The summed E-state index contributed by atoms with van der Waals surface area (Å²) >= 11 is 0. The Morgan fingerprint density at radius 3 is 2.73 bits per heavy atom. The van der Waals surface area contributed by atoms with Crippen molar-refractivity contribution in [3.8, 4) is 23.0 Å². The van der Waals surface area contributed by atoms with Crippen LogP contribution in [0.25, 0.3) is 11.3 Å². The predicted molar refractivity (Wildman–Crippen MR) is 94.1 cm³/mol. The average molecular weight is 352 g/mol. The number of hydrogen-bond donors (Lipinski definition) is 0. The second kappa shape index (κ2) is 6.74. The van der Waals surface area contributed by atoms with E-state index >= 15 is 0 Å². The maximum absolute atomic E-state index is 6.03. The smallest absolute Gasteiger partial charge is 0.228 e. The minimum absolute atomic E-state index is 0.416. The molecule has 1 fully saturated rings. The maximum atomic E-state index is 6.03. The van der Waals surface area contributed by atoms with Crippen LogP contribution < -0.4 is 9.47 Å². The highest BCUT2D eigenvalue weighted by Crippen LogP contribution is 2.47. The van der Waals surface area contributed by atoms with Gasteiger partial charge < -0.3 is 13.9 Å². The van der Waals surface area contributed by atoms with Crippen LogP contribution in [0, 0.1) is 19.8 Å². The number of nitrogens with zero attached hydrogens (tertiary/aromatic N) is 4. The fourth-order valence-corrected chi connectivity index (χ4v) is 2.99. The quantitative estimate of drug-likeness (QED) is 0.673. The van der Waals surface area contributed by atoms with Crippen LogP contribution >= 0.6 is 0 Å². The molecule has 0 radical (unpaired) electrons. The number of aromatic nitrogens is 4. The molecular formula is C19H20N4O3. The predicted octanol–water partition coefficient (Wildman–Crippen LogP) is 3.33. The summed E-state index contributed by atoms with van der Waals surface area (Å²) in [5.41, 5.74) is 2.59. The van der Waals surface area contributed by atoms with E-state index in [2.05, 4.69) is 19.9 Å². The molecular weight excluding hydrogens is 332 g/mol. The minimum atomic E-state index is 0.416. The van der Waals surface area contributed by atoms with E-state index < -0.39 is 0 Å². The van der Waals surface area contributed by atoms with Gasteiger partial charge in [-0.3, -0.25) is 4.98 Å². The van der Waals surface area contributed by atoms with Crippen LogP contribution in [0.1, 0.15) is 29.6 Å². The Balaban J connectivity index is 1.45. The molecule has 4 rings (SSSR count). The van der Waals surface area contributed by atoms with Crippen LogP contribution in [0.5, 0.6) is 11.6 Å². The SMILES string of the molecule is COc1ccc([C@H]2C[C@@H]2COc2nc(C)ncc2-c2ocnc2C)nc1. The van der Waals surface area contributed by atoms with Crippen molar-refractivity contribution in [2.75, 3.05) is 13.7 Å². The number of ether oxygens (including phenoxy) is 2. The van der Waals surface area contributed by atoms with Crippen LogP contribution in [-0.4, -0.2) is 33.7 Å². The van der Waals surface area contributed by atoms with Gasteiger partial charge in [-0.15, -0.1) is 0 Å². The van der Waals surface area contributed by atoms with Crippen molar-refractivity contribution in [3.63, 3.8) is 0 Å². The van der Waals surface area contributed by atoms with E-state index in [9.17, 15) is 0 Å². The van der Waals surface area contributed by atoms with Gasteiger partial charge in [0.25, 0.3) is 0 Å². The molecule has 26 heavy (non-hydrogen) atoms. The Bertz CT molecular complexity index is 907. The van der Waals surface area contributed by atoms with Crippen LogP contribution in [0.15, 0.2) is 35.3 Å². The van der Waals surface area contributed by atoms with E-state index in [0.29, 0.717) is 35.9 Å². The Labute approximate surface area is 151 Å². The average Bonchev–Trinajstić information content (AvgIpc) is 3.32. The Hall–Kier alpha value is -2.96. The molecule has 134 valence electrons. The van der Waals surface area contributed by atoms with E-state index in [4.69, 9.17) is 13.9 Å². The Morgan fingerprint density at radius 1 is 1.15 bits per heavy atom. The van der Waals surface area contributed by atoms with Crippen molar-refractivity contribution in [1.82, 2.24) is 19.9 Å². The van der Waals surface area contributed by atoms with Gasteiger partial charge in [-0.1, -0.05) is 0 Å². The summed E-state index contributed by atoms with van der Waals surface area (Å²) in [6.07, 6.45) is 5.95. The molecule has 0 amide bonds. The zero-order chi connectivity index (χ0) is 18.1. The van der Waals surface area contributed by atoms with Gasteiger partial charge in [-0.2, -0.15) is 4.98 Å². The molecule has 0 aliphatic heterocycles. The van der Waals surface area contributed by atoms with Crippen molar-refractivity contribution < 1.29 is 13.9 Å². The first-order chi connectivity index (χ1) is 12.7. The Kier molecular flexibility index (Phi) is 4.28. The molecule has 0 bridgehead atoms. The highest BCUT2D eigenvalue weighted by atomic mass is 16.5. The van der Waals surface area contributed by atoms with E-state index in [-0.39, 0.29) is 0 Å². The molecule has 2 atom stereocenters. The van der Waals surface area contributed by atoms with E-state index in [1.165, 1.54) is 6.39 Å². The molecule has 0 unspecified atom stereocenters. The molecule has 7 nitrogen and oxygen atoms in total. The minimum Gasteiger partial charge on any atom is -0.495 e. The number of methoxy groups -OCH3 is 1. The summed E-state index contributed by atoms with van der Waals surface area (Å²) in [5, 5.41) is 0. The highest BCUT2D eigenvalue weighted by molar-refractivity contribution is 5.64. The molecule has 1 aliphatic rings. The monoisotopic (exact) mass is 352 g/mol. The molecule has 0 aromatic carbocycles. The third kappa shape index (κ3) is 3.24. The standard InChI is InChI=1S/C19H20N4O3/c1-11-18(26-10-22-11)16-8-20-12(2)23-19(16)25-9-13-6-15(13)17-5-4-14(24-3)7-21-17/h4-5,7-8,10,13,15H,6,9H2,1-3H3/t13-,15+/m1/s1. The summed E-state index contributed by atoms with van der Waals surface area (Å²) in [5.74, 6) is 3.44. The van der Waals surface area contributed by atoms with Gasteiger partial charge in [-0.25, -0.2) is 9.97 Å². The highest BCUT2D eigenvalue weighted by Gasteiger charge is 2.40. The van der Waals surface area contributed by atoms with Crippen LogP contribution in [0.2, 0.25) is 0 Å². The first-order valence-corrected chi connectivity index (χ1v) is 8.52. The number of oxazole rings is 1. The van der Waals surface area contributed by atoms with E-state index in [1.54, 1.807) is 19.5 Å². The number of aryl methyl sites for hydroxylation is 2. The first-order valence-electron chi connectivity index (χ1n) is 8.52. The Morgan fingerprint density at radius 2 is 2.04 bits per heavy atom. The second-order valence-corrected chi connectivity index (χ2v) is 6.44. The number of rotatable bonds is 6. The molecule has 0 saturated heterocycles. The van der Waals surface area contributed by atoms with Crippen LogP contribution in [-0.2, 0) is 0 Å². The lowest BCUT2D eigenvalue weighted by Crippen LogP contribution is -2.05. The van der Waals surface area contributed by atoms with E-state index in [0.717, 1.165) is 29.1 Å². The van der Waals surface area contributed by atoms with Gasteiger partial charge in [0, 0.05) is 23.7 Å². The first kappa shape index (κ1) is 16.5. The van der Waals surface area contributed by atoms with Gasteiger partial charge >= 0.3 is 0 Å².